The number of hydrogen-bond acceptors (Lipinski definition) is 3. The van der Waals surface area contributed by atoms with Crippen molar-refractivity contribution in [2.24, 2.45) is 5.92 Å². The minimum Gasteiger partial charge on any atom is -0.289 e. The Balaban J connectivity index is 1.92. The Morgan fingerprint density at radius 3 is 2.85 bits per heavy atom. The van der Waals surface area contributed by atoms with Crippen molar-refractivity contribution < 1.29 is 13.2 Å². The molecule has 1 spiro atoms. The van der Waals surface area contributed by atoms with Crippen LogP contribution in [0.5, 0.6) is 0 Å². The number of allylic oxidation sites excluding steroid dienone is 2. The van der Waals surface area contributed by atoms with Gasteiger partial charge in [0.15, 0.2) is 5.78 Å². The van der Waals surface area contributed by atoms with Gasteiger partial charge in [0.1, 0.15) is 0 Å². The number of nitrogens with zero attached hydrogens (tertiary/aromatic N) is 1. The van der Waals surface area contributed by atoms with Crippen molar-refractivity contribution in [3.63, 3.8) is 0 Å². The SMILES string of the molecule is CCS(=O)(=O)N1C[C@H]2CC23C1=CC(=O)c1ccccc13. The van der Waals surface area contributed by atoms with Crippen LogP contribution in [0, 0.1) is 5.92 Å². The number of fused-ring (bicyclic) bond motifs is 1. The molecule has 1 unspecified atom stereocenters. The molecule has 1 saturated carbocycles. The van der Waals surface area contributed by atoms with Gasteiger partial charge in [0.25, 0.3) is 0 Å². The third-order valence-electron chi connectivity index (χ3n) is 4.86. The van der Waals surface area contributed by atoms with Crippen LogP contribution in [0.4, 0.5) is 0 Å². The molecule has 1 saturated heterocycles. The lowest BCUT2D eigenvalue weighted by Crippen LogP contribution is -2.34. The van der Waals surface area contributed by atoms with E-state index in [4.69, 9.17) is 0 Å². The van der Waals surface area contributed by atoms with Gasteiger partial charge < -0.3 is 0 Å². The number of piperidine rings is 1. The molecule has 0 bridgehead atoms. The summed E-state index contributed by atoms with van der Waals surface area (Å²) in [5, 5.41) is 0. The lowest BCUT2D eigenvalue weighted by atomic mass is 9.82. The first kappa shape index (κ1) is 12.1. The van der Waals surface area contributed by atoms with Crippen molar-refractivity contribution in [3.8, 4) is 0 Å². The average molecular weight is 289 g/mol. The number of ketones is 1. The second kappa shape index (κ2) is 3.52. The van der Waals surface area contributed by atoms with Gasteiger partial charge in [0.2, 0.25) is 10.0 Å². The fourth-order valence-corrected chi connectivity index (χ4v) is 5.00. The van der Waals surface area contributed by atoms with E-state index >= 15 is 0 Å². The average Bonchev–Trinajstić information content (AvgIpc) is 3.08. The van der Waals surface area contributed by atoms with Gasteiger partial charge in [0, 0.05) is 29.3 Å². The highest BCUT2D eigenvalue weighted by molar-refractivity contribution is 7.89. The summed E-state index contributed by atoms with van der Waals surface area (Å²) in [6.45, 7) is 2.16. The summed E-state index contributed by atoms with van der Waals surface area (Å²) in [5.41, 5.74) is 2.23. The lowest BCUT2D eigenvalue weighted by Gasteiger charge is -2.29. The molecule has 4 rings (SSSR count). The molecule has 1 aromatic carbocycles. The topological polar surface area (TPSA) is 54.5 Å². The molecule has 2 aliphatic carbocycles. The van der Waals surface area contributed by atoms with Crippen molar-refractivity contribution in [2.45, 2.75) is 18.8 Å². The molecule has 4 nitrogen and oxygen atoms in total. The number of hydrogen-bond donors (Lipinski definition) is 0. The van der Waals surface area contributed by atoms with E-state index in [2.05, 4.69) is 0 Å². The summed E-state index contributed by atoms with van der Waals surface area (Å²) in [5.74, 6) is 0.317. The third-order valence-corrected chi connectivity index (χ3v) is 6.61. The van der Waals surface area contributed by atoms with Gasteiger partial charge in [-0.05, 0) is 24.8 Å². The lowest BCUT2D eigenvalue weighted by molar-refractivity contribution is 0.104. The summed E-state index contributed by atoms with van der Waals surface area (Å²) < 4.78 is 25.9. The van der Waals surface area contributed by atoms with E-state index in [9.17, 15) is 13.2 Å². The van der Waals surface area contributed by atoms with Crippen LogP contribution in [-0.2, 0) is 15.4 Å². The van der Waals surface area contributed by atoms with Gasteiger partial charge in [-0.15, -0.1) is 0 Å². The molecule has 1 aromatic rings. The molecule has 0 radical (unpaired) electrons. The van der Waals surface area contributed by atoms with Crippen LogP contribution in [0.2, 0.25) is 0 Å². The molecule has 0 amide bonds. The second-order valence-electron chi connectivity index (χ2n) is 5.74. The maximum Gasteiger partial charge on any atom is 0.234 e. The van der Waals surface area contributed by atoms with E-state index in [0.29, 0.717) is 18.2 Å². The molecule has 3 aliphatic rings. The molecular weight excluding hydrogens is 274 g/mol. The van der Waals surface area contributed by atoms with E-state index < -0.39 is 10.0 Å². The van der Waals surface area contributed by atoms with Gasteiger partial charge in [-0.25, -0.2) is 8.42 Å². The zero-order valence-electron chi connectivity index (χ0n) is 11.2. The van der Waals surface area contributed by atoms with Gasteiger partial charge >= 0.3 is 0 Å². The normalized spacial score (nSPS) is 30.4. The molecule has 20 heavy (non-hydrogen) atoms. The molecule has 0 aromatic heterocycles. The van der Waals surface area contributed by atoms with Crippen molar-refractivity contribution in [2.75, 3.05) is 12.3 Å². The van der Waals surface area contributed by atoms with E-state index in [1.54, 1.807) is 13.0 Å². The summed E-state index contributed by atoms with van der Waals surface area (Å²) in [4.78, 5) is 12.3. The predicted octanol–water partition coefficient (Wildman–Crippen LogP) is 1.69. The minimum atomic E-state index is -3.29. The quantitative estimate of drug-likeness (QED) is 0.832. The van der Waals surface area contributed by atoms with Crippen LogP contribution >= 0.6 is 0 Å². The first-order valence-corrected chi connectivity index (χ1v) is 8.48. The summed E-state index contributed by atoms with van der Waals surface area (Å²) in [6.07, 6.45) is 2.50. The molecule has 104 valence electrons. The van der Waals surface area contributed by atoms with Crippen LogP contribution in [0.1, 0.15) is 29.3 Å². The first-order chi connectivity index (χ1) is 9.50. The van der Waals surface area contributed by atoms with Crippen LogP contribution in [0.25, 0.3) is 0 Å². The Morgan fingerprint density at radius 1 is 1.35 bits per heavy atom. The zero-order chi connectivity index (χ0) is 14.1. The summed E-state index contributed by atoms with van der Waals surface area (Å²) in [6, 6.07) is 7.60. The fraction of sp³-hybridized carbons (Fsp3) is 0.400. The molecule has 2 atom stereocenters. The molecule has 1 heterocycles. The van der Waals surface area contributed by atoms with Crippen molar-refractivity contribution in [1.29, 1.82) is 0 Å². The summed E-state index contributed by atoms with van der Waals surface area (Å²) in [7, 11) is -3.29. The number of carbonyl (C=O) groups excluding carboxylic acids is 1. The Kier molecular flexibility index (Phi) is 2.14. The Hall–Kier alpha value is -1.62. The maximum atomic E-state index is 12.3. The highest BCUT2D eigenvalue weighted by Gasteiger charge is 2.67. The largest absolute Gasteiger partial charge is 0.289 e. The standard InChI is InChI=1S/C15H15NO3S/c1-2-20(18,19)16-9-10-8-15(10)12-6-4-3-5-11(12)13(17)7-14(15)16/h3-7,10H,2,8-9H2,1H3/t10-,15?/m1/s1. The molecule has 5 heteroatoms. The van der Waals surface area contributed by atoms with Crippen LogP contribution < -0.4 is 0 Å². The maximum absolute atomic E-state index is 12.3. The number of benzene rings is 1. The molecule has 0 N–H and O–H groups in total. The Labute approximate surface area is 118 Å². The van der Waals surface area contributed by atoms with Crippen LogP contribution in [0.3, 0.4) is 0 Å². The van der Waals surface area contributed by atoms with Gasteiger partial charge in [-0.1, -0.05) is 24.3 Å². The Bertz CT molecular complexity index is 765. The second-order valence-corrected chi connectivity index (χ2v) is 7.93. The summed E-state index contributed by atoms with van der Waals surface area (Å²) >= 11 is 0. The molecule has 1 aliphatic heterocycles. The smallest absolute Gasteiger partial charge is 0.234 e. The van der Waals surface area contributed by atoms with Crippen molar-refractivity contribution >= 4 is 15.8 Å². The Morgan fingerprint density at radius 2 is 2.10 bits per heavy atom. The zero-order valence-corrected chi connectivity index (χ0v) is 12.0. The van der Waals surface area contributed by atoms with Gasteiger partial charge in [0.05, 0.1) is 5.75 Å². The third kappa shape index (κ3) is 1.26. The van der Waals surface area contributed by atoms with Crippen molar-refractivity contribution in [1.82, 2.24) is 4.31 Å². The van der Waals surface area contributed by atoms with Gasteiger partial charge in [-0.2, -0.15) is 0 Å². The first-order valence-electron chi connectivity index (χ1n) is 6.87. The monoisotopic (exact) mass is 289 g/mol. The number of rotatable bonds is 2. The van der Waals surface area contributed by atoms with E-state index in [1.165, 1.54) is 4.31 Å². The molecule has 2 fully saturated rings. The van der Waals surface area contributed by atoms with E-state index in [-0.39, 0.29) is 17.0 Å². The molecular formula is C15H15NO3S. The highest BCUT2D eigenvalue weighted by Crippen LogP contribution is 2.67. The fourth-order valence-electron chi connectivity index (χ4n) is 3.76. The predicted molar refractivity (Wildman–Crippen MR) is 74.8 cm³/mol. The number of carbonyl (C=O) groups is 1. The van der Waals surface area contributed by atoms with E-state index in [0.717, 1.165) is 17.5 Å². The van der Waals surface area contributed by atoms with Crippen LogP contribution in [0.15, 0.2) is 36.0 Å². The number of sulfonamides is 1. The highest BCUT2D eigenvalue weighted by atomic mass is 32.2. The van der Waals surface area contributed by atoms with E-state index in [1.807, 2.05) is 24.3 Å². The minimum absolute atomic E-state index is 0.0724. The van der Waals surface area contributed by atoms with Crippen LogP contribution in [-0.4, -0.2) is 30.8 Å². The van der Waals surface area contributed by atoms with Gasteiger partial charge in [-0.3, -0.25) is 9.10 Å². The van der Waals surface area contributed by atoms with Crippen molar-refractivity contribution in [3.05, 3.63) is 47.2 Å².